The molecule has 2 aliphatic rings. The molecule has 0 spiro atoms. The van der Waals surface area contributed by atoms with Crippen LogP contribution >= 0.6 is 0 Å². The van der Waals surface area contributed by atoms with Gasteiger partial charge in [-0.05, 0) is 56.8 Å². The van der Waals surface area contributed by atoms with E-state index in [2.05, 4.69) is 24.3 Å². The molecule has 0 fully saturated rings. The highest BCUT2D eigenvalue weighted by Crippen LogP contribution is 2.30. The first kappa shape index (κ1) is 9.05. The Morgan fingerprint density at radius 2 is 1.92 bits per heavy atom. The molecule has 2 aliphatic carbocycles. The van der Waals surface area contributed by atoms with Crippen molar-refractivity contribution in [2.24, 2.45) is 11.8 Å². The molecule has 0 nitrogen and oxygen atoms in total. The van der Waals surface area contributed by atoms with E-state index >= 15 is 0 Å². The highest BCUT2D eigenvalue weighted by molar-refractivity contribution is 4.96. The zero-order valence-electron chi connectivity index (χ0n) is 8.41. The SMILES string of the molecule is C1=C\CC2CCC/C=C/C(CC/1)C2. The molecule has 0 saturated carbocycles. The van der Waals surface area contributed by atoms with Crippen LogP contribution in [-0.2, 0) is 0 Å². The Morgan fingerprint density at radius 1 is 0.923 bits per heavy atom. The molecule has 2 rings (SSSR count). The molecule has 0 aromatic heterocycles. The highest BCUT2D eigenvalue weighted by atomic mass is 14.2. The van der Waals surface area contributed by atoms with Crippen LogP contribution in [0.4, 0.5) is 0 Å². The number of fused-ring (bicyclic) bond motifs is 2. The molecule has 2 atom stereocenters. The molecule has 2 unspecified atom stereocenters. The van der Waals surface area contributed by atoms with Gasteiger partial charge in [0.1, 0.15) is 0 Å². The third-order valence-corrected chi connectivity index (χ3v) is 3.37. The number of rotatable bonds is 0. The van der Waals surface area contributed by atoms with Crippen molar-refractivity contribution in [2.45, 2.75) is 44.9 Å². The summed E-state index contributed by atoms with van der Waals surface area (Å²) in [7, 11) is 0. The van der Waals surface area contributed by atoms with Crippen molar-refractivity contribution in [3.63, 3.8) is 0 Å². The summed E-state index contributed by atoms with van der Waals surface area (Å²) in [5.74, 6) is 1.86. The highest BCUT2D eigenvalue weighted by Gasteiger charge is 2.16. The molecule has 72 valence electrons. The maximum atomic E-state index is 2.48. The van der Waals surface area contributed by atoms with Gasteiger partial charge in [-0.1, -0.05) is 24.3 Å². The summed E-state index contributed by atoms with van der Waals surface area (Å²) in [6.45, 7) is 0. The fourth-order valence-electron chi connectivity index (χ4n) is 2.58. The van der Waals surface area contributed by atoms with Crippen LogP contribution in [0, 0.1) is 11.8 Å². The van der Waals surface area contributed by atoms with Gasteiger partial charge >= 0.3 is 0 Å². The van der Waals surface area contributed by atoms with Gasteiger partial charge in [-0.3, -0.25) is 0 Å². The van der Waals surface area contributed by atoms with Crippen LogP contribution in [0.1, 0.15) is 44.9 Å². The smallest absolute Gasteiger partial charge is 0.0228 e. The van der Waals surface area contributed by atoms with Crippen LogP contribution in [0.5, 0.6) is 0 Å². The fourth-order valence-corrected chi connectivity index (χ4v) is 2.58. The predicted molar refractivity (Wildman–Crippen MR) is 57.6 cm³/mol. The molecule has 0 aromatic carbocycles. The van der Waals surface area contributed by atoms with Crippen molar-refractivity contribution >= 4 is 0 Å². The molecule has 2 bridgehead atoms. The second-order valence-electron chi connectivity index (χ2n) is 4.51. The monoisotopic (exact) mass is 176 g/mol. The number of hydrogen-bond donors (Lipinski definition) is 0. The number of allylic oxidation sites excluding steroid dienone is 4. The summed E-state index contributed by atoms with van der Waals surface area (Å²) in [6.07, 6.45) is 19.3. The minimum atomic E-state index is 0.884. The second-order valence-corrected chi connectivity index (χ2v) is 4.51. The minimum Gasteiger partial charge on any atom is -0.0885 e. The average Bonchev–Trinajstić information content (AvgIpc) is 2.00. The van der Waals surface area contributed by atoms with Gasteiger partial charge in [-0.2, -0.15) is 0 Å². The van der Waals surface area contributed by atoms with E-state index in [1.807, 2.05) is 0 Å². The lowest BCUT2D eigenvalue weighted by Crippen LogP contribution is -2.10. The van der Waals surface area contributed by atoms with Crippen molar-refractivity contribution < 1.29 is 0 Å². The Balaban J connectivity index is 2.04. The Hall–Kier alpha value is -0.520. The Kier molecular flexibility index (Phi) is 3.23. The zero-order chi connectivity index (χ0) is 8.93. The fraction of sp³-hybridized carbons (Fsp3) is 0.692. The van der Waals surface area contributed by atoms with Gasteiger partial charge < -0.3 is 0 Å². The first-order chi connectivity index (χ1) is 6.45. The van der Waals surface area contributed by atoms with E-state index in [-0.39, 0.29) is 0 Å². The third kappa shape index (κ3) is 2.72. The third-order valence-electron chi connectivity index (χ3n) is 3.37. The topological polar surface area (TPSA) is 0 Å². The van der Waals surface area contributed by atoms with Gasteiger partial charge in [0.05, 0.1) is 0 Å². The van der Waals surface area contributed by atoms with Crippen LogP contribution in [0.2, 0.25) is 0 Å². The predicted octanol–water partition coefficient (Wildman–Crippen LogP) is 4.09. The van der Waals surface area contributed by atoms with Crippen LogP contribution in [-0.4, -0.2) is 0 Å². The van der Waals surface area contributed by atoms with Crippen LogP contribution in [0.3, 0.4) is 0 Å². The van der Waals surface area contributed by atoms with E-state index in [1.54, 1.807) is 0 Å². The lowest BCUT2D eigenvalue weighted by molar-refractivity contribution is 0.362. The summed E-state index contributed by atoms with van der Waals surface area (Å²) >= 11 is 0. The zero-order valence-corrected chi connectivity index (χ0v) is 8.41. The molecule has 0 heterocycles. The van der Waals surface area contributed by atoms with Crippen LogP contribution in [0.15, 0.2) is 24.3 Å². The standard InChI is InChI=1S/C13H20/c1-3-7-12-9-5-2-6-10-13(11-12)8-4-1/h1,3,6,10,12-13H,2,4-5,7-9,11H2/b3-1-,10-6+. The number of hydrogen-bond acceptors (Lipinski definition) is 0. The summed E-state index contributed by atoms with van der Waals surface area (Å²) in [6, 6.07) is 0. The van der Waals surface area contributed by atoms with Crippen molar-refractivity contribution in [1.82, 2.24) is 0 Å². The Bertz CT molecular complexity index is 200. The quantitative estimate of drug-likeness (QED) is 0.488. The van der Waals surface area contributed by atoms with Gasteiger partial charge in [0, 0.05) is 0 Å². The normalized spacial score (nSPS) is 39.4. The van der Waals surface area contributed by atoms with Crippen molar-refractivity contribution in [2.75, 3.05) is 0 Å². The molecule has 0 aliphatic heterocycles. The molecule has 0 aromatic rings. The van der Waals surface area contributed by atoms with E-state index in [1.165, 1.54) is 44.9 Å². The molecule has 0 amide bonds. The van der Waals surface area contributed by atoms with E-state index < -0.39 is 0 Å². The Morgan fingerprint density at radius 3 is 2.92 bits per heavy atom. The largest absolute Gasteiger partial charge is 0.0885 e. The van der Waals surface area contributed by atoms with Crippen LogP contribution < -0.4 is 0 Å². The summed E-state index contributed by atoms with van der Waals surface area (Å²) in [5.41, 5.74) is 0. The van der Waals surface area contributed by atoms with Crippen molar-refractivity contribution in [3.8, 4) is 0 Å². The van der Waals surface area contributed by atoms with E-state index in [0.29, 0.717) is 0 Å². The lowest BCUT2D eigenvalue weighted by Gasteiger charge is -2.23. The van der Waals surface area contributed by atoms with E-state index in [4.69, 9.17) is 0 Å². The summed E-state index contributed by atoms with van der Waals surface area (Å²) in [5, 5.41) is 0. The average molecular weight is 176 g/mol. The molecule has 0 saturated heterocycles. The minimum absolute atomic E-state index is 0.884. The van der Waals surface area contributed by atoms with Crippen molar-refractivity contribution in [3.05, 3.63) is 24.3 Å². The van der Waals surface area contributed by atoms with Gasteiger partial charge in [-0.25, -0.2) is 0 Å². The summed E-state index contributed by atoms with van der Waals surface area (Å²) in [4.78, 5) is 0. The summed E-state index contributed by atoms with van der Waals surface area (Å²) < 4.78 is 0. The first-order valence-electron chi connectivity index (χ1n) is 5.77. The van der Waals surface area contributed by atoms with E-state index in [0.717, 1.165) is 11.8 Å². The first-order valence-corrected chi connectivity index (χ1v) is 5.77. The molecule has 0 radical (unpaired) electrons. The molecular weight excluding hydrogens is 156 g/mol. The molecular formula is C13H20. The molecule has 0 N–H and O–H groups in total. The van der Waals surface area contributed by atoms with E-state index in [9.17, 15) is 0 Å². The van der Waals surface area contributed by atoms with Crippen LogP contribution in [0.25, 0.3) is 0 Å². The Labute approximate surface area is 81.7 Å². The second kappa shape index (κ2) is 4.64. The van der Waals surface area contributed by atoms with Crippen molar-refractivity contribution in [1.29, 1.82) is 0 Å². The molecule has 13 heavy (non-hydrogen) atoms. The maximum absolute atomic E-state index is 2.48. The van der Waals surface area contributed by atoms with Gasteiger partial charge in [0.2, 0.25) is 0 Å². The van der Waals surface area contributed by atoms with Gasteiger partial charge in [0.25, 0.3) is 0 Å². The lowest BCUT2D eigenvalue weighted by atomic mass is 9.82. The van der Waals surface area contributed by atoms with Gasteiger partial charge in [0.15, 0.2) is 0 Å². The van der Waals surface area contributed by atoms with Gasteiger partial charge in [-0.15, -0.1) is 0 Å². The molecule has 0 heteroatoms. The maximum Gasteiger partial charge on any atom is -0.0228 e.